The number of aryl methyl sites for hydroxylation is 2. The number of rotatable bonds is 7. The van der Waals surface area contributed by atoms with E-state index in [0.717, 1.165) is 36.0 Å². The summed E-state index contributed by atoms with van der Waals surface area (Å²) in [7, 11) is 0. The van der Waals surface area contributed by atoms with Crippen LogP contribution >= 0.6 is 0 Å². The highest BCUT2D eigenvalue weighted by Gasteiger charge is 2.69. The van der Waals surface area contributed by atoms with Crippen LogP contribution in [0.1, 0.15) is 36.0 Å². The van der Waals surface area contributed by atoms with Crippen molar-refractivity contribution >= 4 is 35.0 Å². The van der Waals surface area contributed by atoms with Crippen molar-refractivity contribution in [3.8, 4) is 23.8 Å². The molecule has 3 N–H and O–H groups in total. The topological polar surface area (TPSA) is 148 Å². The monoisotopic (exact) mass is 489 g/mol. The molecule has 0 saturated heterocycles. The Morgan fingerprint density at radius 1 is 1.08 bits per heavy atom. The van der Waals surface area contributed by atoms with Gasteiger partial charge in [0, 0.05) is 17.8 Å². The van der Waals surface area contributed by atoms with Crippen molar-refractivity contribution in [1.82, 2.24) is 24.9 Å². The number of H-pyrrole nitrogens is 1. The van der Waals surface area contributed by atoms with Gasteiger partial charge in [-0.15, -0.1) is 0 Å². The number of hydrogen-bond acceptors (Lipinski definition) is 9. The van der Waals surface area contributed by atoms with Crippen LogP contribution in [0.2, 0.25) is 0 Å². The molecule has 3 aliphatic carbocycles. The molecular weight excluding hydrogens is 466 g/mol. The molecule has 3 heterocycles. The first kappa shape index (κ1) is 22.5. The zero-order valence-corrected chi connectivity index (χ0v) is 20.3. The van der Waals surface area contributed by atoms with Crippen LogP contribution in [0, 0.1) is 41.9 Å². The molecule has 0 spiro atoms. The average molecular weight is 490 g/mol. The van der Waals surface area contributed by atoms with Crippen LogP contribution in [0.25, 0.3) is 17.2 Å². The Morgan fingerprint density at radius 2 is 1.86 bits per heavy atom. The fourth-order valence-electron chi connectivity index (χ4n) is 5.37. The highest BCUT2D eigenvalue weighted by atomic mass is 16.5. The van der Waals surface area contributed by atoms with Crippen molar-refractivity contribution in [2.45, 2.75) is 38.6 Å². The molecule has 1 aromatic carbocycles. The van der Waals surface area contributed by atoms with Crippen LogP contribution in [-0.4, -0.2) is 30.5 Å². The van der Waals surface area contributed by atoms with Gasteiger partial charge in [0.2, 0.25) is 11.9 Å². The first-order chi connectivity index (χ1) is 17.9. The molecule has 182 valence electrons. The minimum Gasteiger partial charge on any atom is -0.436 e. The van der Waals surface area contributed by atoms with Gasteiger partial charge in [0.15, 0.2) is 11.2 Å². The van der Waals surface area contributed by atoms with Crippen molar-refractivity contribution < 1.29 is 4.74 Å². The predicted molar refractivity (Wildman–Crippen MR) is 138 cm³/mol. The number of hydrogen-bond donors (Lipinski definition) is 3. The molecule has 0 aliphatic heterocycles. The number of aromatic nitrogens is 5. The fourth-order valence-corrected chi connectivity index (χ4v) is 5.37. The van der Waals surface area contributed by atoms with Gasteiger partial charge in [-0.05, 0) is 80.1 Å². The molecule has 10 nitrogen and oxygen atoms in total. The Bertz CT molecular complexity index is 1600. The van der Waals surface area contributed by atoms with E-state index in [0.29, 0.717) is 40.5 Å². The van der Waals surface area contributed by atoms with Crippen LogP contribution in [-0.2, 0) is 0 Å². The maximum absolute atomic E-state index is 9.38. The van der Waals surface area contributed by atoms with Crippen molar-refractivity contribution in [2.75, 3.05) is 10.6 Å². The number of anilines is 3. The number of imidazole rings is 1. The van der Waals surface area contributed by atoms with E-state index >= 15 is 0 Å². The summed E-state index contributed by atoms with van der Waals surface area (Å²) in [6.45, 7) is 3.90. The number of ether oxygens (including phenoxy) is 1. The van der Waals surface area contributed by atoms with Gasteiger partial charge in [-0.2, -0.15) is 25.5 Å². The molecule has 7 rings (SSSR count). The second-order valence-electron chi connectivity index (χ2n) is 9.85. The Balaban J connectivity index is 1.37. The molecule has 4 aromatic rings. The Kier molecular flexibility index (Phi) is 5.06. The van der Waals surface area contributed by atoms with Crippen molar-refractivity contribution in [3.05, 3.63) is 59.3 Å². The van der Waals surface area contributed by atoms with Gasteiger partial charge in [0.05, 0.1) is 17.6 Å². The van der Waals surface area contributed by atoms with Gasteiger partial charge in [-0.25, -0.2) is 4.98 Å². The molecule has 0 unspecified atom stereocenters. The number of aromatic amines is 1. The molecule has 2 bridgehead atoms. The van der Waals surface area contributed by atoms with Gasteiger partial charge < -0.3 is 20.4 Å². The second-order valence-corrected chi connectivity index (χ2v) is 9.85. The van der Waals surface area contributed by atoms with E-state index in [9.17, 15) is 5.26 Å². The smallest absolute Gasteiger partial charge is 0.250 e. The van der Waals surface area contributed by atoms with E-state index in [1.807, 2.05) is 50.2 Å². The van der Waals surface area contributed by atoms with Crippen molar-refractivity contribution in [1.29, 1.82) is 10.5 Å². The number of fused-ring (bicyclic) bond motifs is 1. The number of pyridine rings is 1. The number of benzene rings is 1. The predicted octanol–water partition coefficient (Wildman–Crippen LogP) is 5.30. The lowest BCUT2D eigenvalue weighted by molar-refractivity contribution is -0.0665. The zero-order valence-electron chi connectivity index (χ0n) is 20.3. The van der Waals surface area contributed by atoms with Crippen LogP contribution in [0.3, 0.4) is 0 Å². The minimum atomic E-state index is -0.196. The Morgan fingerprint density at radius 3 is 2.54 bits per heavy atom. The molecule has 0 amide bonds. The van der Waals surface area contributed by atoms with Gasteiger partial charge in [-0.3, -0.25) is 0 Å². The summed E-state index contributed by atoms with van der Waals surface area (Å²) in [6.07, 6.45) is 7.27. The van der Waals surface area contributed by atoms with Gasteiger partial charge in [0.25, 0.3) is 5.88 Å². The molecule has 3 aliphatic rings. The van der Waals surface area contributed by atoms with Gasteiger partial charge >= 0.3 is 0 Å². The summed E-state index contributed by atoms with van der Waals surface area (Å²) in [4.78, 5) is 21.5. The van der Waals surface area contributed by atoms with Crippen LogP contribution in [0.5, 0.6) is 11.6 Å². The standard InChI is InChI=1S/C27H23N9O/c1-16-10-18(6-5-8-28)11-17(2)21(16)37-23-20-22(33-24(32-20)31-19-7-3-4-9-30-19)34-25(35-23)36-27-12-26(13-27,14-27)15-29/h3-7,9-11H,12-14H2,1-2H3,(H3,30,31,32,33,34,35,36)/b6-5+. The van der Waals surface area contributed by atoms with E-state index in [2.05, 4.69) is 36.6 Å². The SMILES string of the molecule is Cc1cc(/C=C/C#N)cc(C)c1Oc1nc(NC23CC(C#N)(C2)C3)nc2nc(Nc3ccccn3)[nH]c12. The largest absolute Gasteiger partial charge is 0.436 e. The van der Waals surface area contributed by atoms with E-state index < -0.39 is 0 Å². The second kappa shape index (κ2) is 8.32. The summed E-state index contributed by atoms with van der Waals surface area (Å²) >= 11 is 0. The summed E-state index contributed by atoms with van der Waals surface area (Å²) in [5.74, 6) is 2.52. The third kappa shape index (κ3) is 3.99. The van der Waals surface area contributed by atoms with Crippen LogP contribution < -0.4 is 15.4 Å². The minimum absolute atomic E-state index is 0.146. The quantitative estimate of drug-likeness (QED) is 0.294. The summed E-state index contributed by atoms with van der Waals surface area (Å²) in [5, 5.41) is 24.8. The lowest BCUT2D eigenvalue weighted by atomic mass is 9.40. The van der Waals surface area contributed by atoms with Crippen LogP contribution in [0.4, 0.5) is 17.7 Å². The van der Waals surface area contributed by atoms with E-state index in [1.54, 1.807) is 12.3 Å². The average Bonchev–Trinajstić information content (AvgIpc) is 3.24. The Labute approximate surface area is 213 Å². The van der Waals surface area contributed by atoms with Crippen molar-refractivity contribution in [2.24, 2.45) is 5.41 Å². The molecule has 3 fully saturated rings. The lowest BCUT2D eigenvalue weighted by Crippen LogP contribution is -2.70. The molecule has 10 heteroatoms. The number of nitrogens with zero attached hydrogens (tertiary/aromatic N) is 6. The molecular formula is C27H23N9O. The summed E-state index contributed by atoms with van der Waals surface area (Å²) in [5.41, 5.74) is 3.36. The molecule has 3 aromatic heterocycles. The molecule has 0 radical (unpaired) electrons. The van der Waals surface area contributed by atoms with E-state index in [-0.39, 0.29) is 11.0 Å². The van der Waals surface area contributed by atoms with Crippen LogP contribution in [0.15, 0.2) is 42.6 Å². The number of nitrogens with one attached hydrogen (secondary N) is 3. The maximum atomic E-state index is 9.38. The summed E-state index contributed by atoms with van der Waals surface area (Å²) in [6, 6.07) is 13.9. The number of allylic oxidation sites excluding steroid dienone is 1. The normalized spacial score (nSPS) is 21.5. The van der Waals surface area contributed by atoms with Gasteiger partial charge in [-0.1, -0.05) is 6.07 Å². The first-order valence-electron chi connectivity index (χ1n) is 11.9. The van der Waals surface area contributed by atoms with E-state index in [4.69, 9.17) is 15.0 Å². The number of nitriles is 2. The van der Waals surface area contributed by atoms with Crippen molar-refractivity contribution in [3.63, 3.8) is 0 Å². The van der Waals surface area contributed by atoms with E-state index in [1.165, 1.54) is 6.08 Å². The fraction of sp³-hybridized carbons (Fsp3) is 0.259. The Hall–Kier alpha value is -4.96. The maximum Gasteiger partial charge on any atom is 0.250 e. The lowest BCUT2D eigenvalue weighted by Gasteiger charge is -2.66. The molecule has 3 saturated carbocycles. The molecule has 0 atom stereocenters. The summed E-state index contributed by atoms with van der Waals surface area (Å²) < 4.78 is 6.39. The highest BCUT2D eigenvalue weighted by Crippen LogP contribution is 2.67. The third-order valence-corrected chi connectivity index (χ3v) is 6.91. The highest BCUT2D eigenvalue weighted by molar-refractivity contribution is 5.81. The zero-order chi connectivity index (χ0) is 25.6. The van der Waals surface area contributed by atoms with Gasteiger partial charge in [0.1, 0.15) is 11.6 Å². The first-order valence-corrected chi connectivity index (χ1v) is 11.9. The molecule has 37 heavy (non-hydrogen) atoms. The third-order valence-electron chi connectivity index (χ3n) is 6.91.